The van der Waals surface area contributed by atoms with Gasteiger partial charge < -0.3 is 0 Å². The summed E-state index contributed by atoms with van der Waals surface area (Å²) in [7, 11) is 0. The smallest absolute Gasteiger partial charge is 0.150 e. The fourth-order valence-electron chi connectivity index (χ4n) is 1.10. The second-order valence-electron chi connectivity index (χ2n) is 2.96. The van der Waals surface area contributed by atoms with Gasteiger partial charge in [-0.05, 0) is 12.5 Å². The van der Waals surface area contributed by atoms with Crippen LogP contribution in [0.2, 0.25) is 0 Å². The van der Waals surface area contributed by atoms with E-state index in [0.29, 0.717) is 0 Å². The summed E-state index contributed by atoms with van der Waals surface area (Å²) in [5.74, 6) is 0. The van der Waals surface area contributed by atoms with E-state index < -0.39 is 0 Å². The summed E-state index contributed by atoms with van der Waals surface area (Å²) in [6.45, 7) is 1.96. The average Bonchev–Trinajstić information content (AvgIpc) is 2.80. The zero-order valence-electron chi connectivity index (χ0n) is 8.21. The Morgan fingerprint density at radius 1 is 1.33 bits per heavy atom. The van der Waals surface area contributed by atoms with Crippen LogP contribution in [-0.4, -0.2) is 15.3 Å². The van der Waals surface area contributed by atoms with Gasteiger partial charge in [-0.1, -0.05) is 34.8 Å². The Balaban J connectivity index is 2.08. The molecule has 1 N–H and O–H groups in total. The highest BCUT2D eigenvalue weighted by Gasteiger charge is 1.96. The minimum Gasteiger partial charge on any atom is -0.265 e. The quantitative estimate of drug-likeness (QED) is 0.635. The third kappa shape index (κ3) is 2.60. The molecule has 0 saturated carbocycles. The fourth-order valence-corrected chi connectivity index (χ4v) is 1.46. The zero-order chi connectivity index (χ0) is 10.5. The van der Waals surface area contributed by atoms with Crippen LogP contribution in [0.3, 0.4) is 0 Å². The van der Waals surface area contributed by atoms with Gasteiger partial charge in [0.25, 0.3) is 0 Å². The molecule has 0 fully saturated rings. The van der Waals surface area contributed by atoms with Crippen LogP contribution >= 0.6 is 11.5 Å². The Kier molecular flexibility index (Phi) is 3.04. The first-order valence-corrected chi connectivity index (χ1v) is 5.26. The molecule has 1 heterocycles. The molecule has 4 nitrogen and oxygen atoms in total. The van der Waals surface area contributed by atoms with Crippen molar-refractivity contribution in [1.82, 2.24) is 9.59 Å². The first kappa shape index (κ1) is 9.79. The molecule has 1 aromatic carbocycles. The van der Waals surface area contributed by atoms with Crippen molar-refractivity contribution in [3.05, 3.63) is 42.1 Å². The summed E-state index contributed by atoms with van der Waals surface area (Å²) in [4.78, 5) is 0. The standard InChI is InChI=1S/C10H10N4S/c1-8(9-5-3-2-4-6-9)12-13-10-7-11-14-15-10/h2-7,13H,1H3. The lowest BCUT2D eigenvalue weighted by molar-refractivity contribution is 1.15. The van der Waals surface area contributed by atoms with Crippen molar-refractivity contribution in [2.45, 2.75) is 6.92 Å². The predicted octanol–water partition coefficient (Wildman–Crippen LogP) is 2.37. The molecule has 0 radical (unpaired) electrons. The minimum absolute atomic E-state index is 0.838. The van der Waals surface area contributed by atoms with Gasteiger partial charge in [0.2, 0.25) is 0 Å². The summed E-state index contributed by atoms with van der Waals surface area (Å²) in [5, 5.41) is 8.78. The maximum atomic E-state index is 4.23. The first-order chi connectivity index (χ1) is 7.36. The maximum Gasteiger partial charge on any atom is 0.150 e. The van der Waals surface area contributed by atoms with Crippen LogP contribution in [0, 0.1) is 0 Å². The van der Waals surface area contributed by atoms with Gasteiger partial charge in [-0.15, -0.1) is 5.10 Å². The lowest BCUT2D eigenvalue weighted by atomic mass is 10.1. The van der Waals surface area contributed by atoms with Crippen LogP contribution in [0.25, 0.3) is 0 Å². The molecule has 0 aliphatic rings. The first-order valence-electron chi connectivity index (χ1n) is 4.49. The van der Waals surface area contributed by atoms with E-state index >= 15 is 0 Å². The van der Waals surface area contributed by atoms with Gasteiger partial charge >= 0.3 is 0 Å². The number of anilines is 1. The molecule has 5 heteroatoms. The highest BCUT2D eigenvalue weighted by molar-refractivity contribution is 7.09. The Labute approximate surface area is 91.8 Å². The number of hydrogen-bond donors (Lipinski definition) is 1. The zero-order valence-corrected chi connectivity index (χ0v) is 9.03. The molecule has 0 saturated heterocycles. The predicted molar refractivity (Wildman–Crippen MR) is 62.2 cm³/mol. The fraction of sp³-hybridized carbons (Fsp3) is 0.100. The van der Waals surface area contributed by atoms with Gasteiger partial charge in [-0.3, -0.25) is 5.43 Å². The number of hydrogen-bond acceptors (Lipinski definition) is 5. The van der Waals surface area contributed by atoms with E-state index in [9.17, 15) is 0 Å². The number of aromatic nitrogens is 2. The molecular weight excluding hydrogens is 208 g/mol. The normalized spacial score (nSPS) is 11.4. The molecule has 0 aliphatic carbocycles. The number of nitrogens with zero attached hydrogens (tertiary/aromatic N) is 3. The van der Waals surface area contributed by atoms with E-state index in [1.54, 1.807) is 6.20 Å². The summed E-state index contributed by atoms with van der Waals surface area (Å²) < 4.78 is 3.73. The monoisotopic (exact) mass is 218 g/mol. The Morgan fingerprint density at radius 3 is 2.80 bits per heavy atom. The molecule has 2 aromatic rings. The van der Waals surface area contributed by atoms with Gasteiger partial charge in [0.1, 0.15) is 5.00 Å². The minimum atomic E-state index is 0.838. The van der Waals surface area contributed by atoms with Gasteiger partial charge in [0.05, 0.1) is 11.9 Å². The number of rotatable bonds is 3. The summed E-state index contributed by atoms with van der Waals surface area (Å²) >= 11 is 1.28. The van der Waals surface area contributed by atoms with Crippen molar-refractivity contribution < 1.29 is 0 Å². The van der Waals surface area contributed by atoms with Crippen molar-refractivity contribution >= 4 is 22.2 Å². The van der Waals surface area contributed by atoms with Crippen molar-refractivity contribution in [2.24, 2.45) is 5.10 Å². The van der Waals surface area contributed by atoms with Crippen LogP contribution in [0.1, 0.15) is 12.5 Å². The van der Waals surface area contributed by atoms with Crippen LogP contribution in [0.5, 0.6) is 0 Å². The van der Waals surface area contributed by atoms with E-state index in [-0.39, 0.29) is 0 Å². The SMILES string of the molecule is CC(=NNc1cnns1)c1ccccc1. The van der Waals surface area contributed by atoms with Crippen LogP contribution in [0.4, 0.5) is 5.00 Å². The molecule has 76 valence electrons. The van der Waals surface area contributed by atoms with Crippen LogP contribution < -0.4 is 5.43 Å². The molecule has 1 aromatic heterocycles. The second-order valence-corrected chi connectivity index (χ2v) is 3.74. The summed E-state index contributed by atoms with van der Waals surface area (Å²) in [6, 6.07) is 10.00. The van der Waals surface area contributed by atoms with E-state index in [0.717, 1.165) is 16.3 Å². The third-order valence-electron chi connectivity index (χ3n) is 1.89. The second kappa shape index (κ2) is 4.65. The lowest BCUT2D eigenvalue weighted by Crippen LogP contribution is -1.98. The molecule has 2 rings (SSSR count). The number of benzene rings is 1. The molecule has 0 spiro atoms. The van der Waals surface area contributed by atoms with Gasteiger partial charge in [-0.2, -0.15) is 5.10 Å². The molecule has 0 amide bonds. The van der Waals surface area contributed by atoms with E-state index in [2.05, 4.69) is 20.1 Å². The molecule has 15 heavy (non-hydrogen) atoms. The van der Waals surface area contributed by atoms with Crippen molar-refractivity contribution in [3.63, 3.8) is 0 Å². The Morgan fingerprint density at radius 2 is 2.13 bits per heavy atom. The summed E-state index contributed by atoms with van der Waals surface area (Å²) in [5.41, 5.74) is 4.94. The van der Waals surface area contributed by atoms with E-state index in [4.69, 9.17) is 0 Å². The molecule has 0 unspecified atom stereocenters. The Hall–Kier alpha value is -1.75. The van der Waals surface area contributed by atoms with Crippen molar-refractivity contribution in [3.8, 4) is 0 Å². The molecule has 0 aliphatic heterocycles. The topological polar surface area (TPSA) is 50.2 Å². The lowest BCUT2D eigenvalue weighted by Gasteiger charge is -1.99. The third-order valence-corrected chi connectivity index (χ3v) is 2.46. The Bertz CT molecular complexity index is 436. The van der Waals surface area contributed by atoms with Crippen LogP contribution in [-0.2, 0) is 0 Å². The number of hydrazone groups is 1. The largest absolute Gasteiger partial charge is 0.265 e. The van der Waals surface area contributed by atoms with Gasteiger partial charge in [0, 0.05) is 11.5 Å². The van der Waals surface area contributed by atoms with E-state index in [1.165, 1.54) is 11.5 Å². The maximum absolute atomic E-state index is 4.23. The van der Waals surface area contributed by atoms with E-state index in [1.807, 2.05) is 37.3 Å². The van der Waals surface area contributed by atoms with Crippen molar-refractivity contribution in [2.75, 3.05) is 5.43 Å². The van der Waals surface area contributed by atoms with Crippen LogP contribution in [0.15, 0.2) is 41.6 Å². The number of nitrogens with one attached hydrogen (secondary N) is 1. The molecule has 0 atom stereocenters. The molecular formula is C10H10N4S. The molecule has 0 bridgehead atoms. The highest BCUT2D eigenvalue weighted by Crippen LogP contribution is 2.09. The highest BCUT2D eigenvalue weighted by atomic mass is 32.1. The summed E-state index contributed by atoms with van der Waals surface area (Å²) in [6.07, 6.45) is 1.65. The van der Waals surface area contributed by atoms with Crippen molar-refractivity contribution in [1.29, 1.82) is 0 Å². The van der Waals surface area contributed by atoms with Gasteiger partial charge in [-0.25, -0.2) is 0 Å². The van der Waals surface area contributed by atoms with Gasteiger partial charge in [0.15, 0.2) is 0 Å². The average molecular weight is 218 g/mol.